The Morgan fingerprint density at radius 3 is 3.00 bits per heavy atom. The van der Waals surface area contributed by atoms with Crippen LogP contribution in [0.2, 0.25) is 0 Å². The summed E-state index contributed by atoms with van der Waals surface area (Å²) in [7, 11) is 0. The number of nitrogens with one attached hydrogen (secondary N) is 1. The van der Waals surface area contributed by atoms with Crippen molar-refractivity contribution < 1.29 is 14.6 Å². The van der Waals surface area contributed by atoms with Crippen LogP contribution >= 0.6 is 0 Å². The lowest BCUT2D eigenvalue weighted by Gasteiger charge is -2.28. The molecule has 0 aromatic carbocycles. The Hall–Kier alpha value is -2.13. The molecule has 6 nitrogen and oxygen atoms in total. The van der Waals surface area contributed by atoms with Crippen molar-refractivity contribution in [2.45, 2.75) is 12.8 Å². The summed E-state index contributed by atoms with van der Waals surface area (Å²) in [6, 6.07) is 3.72. The van der Waals surface area contributed by atoms with Gasteiger partial charge >= 0.3 is 5.97 Å². The molecule has 1 aromatic rings. The molecule has 106 valence electrons. The molecule has 1 unspecified atom stereocenters. The molecule has 2 rings (SSSR count). The van der Waals surface area contributed by atoms with Gasteiger partial charge in [0.2, 0.25) is 0 Å². The molecule has 0 amide bonds. The summed E-state index contributed by atoms with van der Waals surface area (Å²) in [6.07, 6.45) is 4.57. The maximum absolute atomic E-state index is 11.4. The van der Waals surface area contributed by atoms with Crippen molar-refractivity contribution in [2.24, 2.45) is 11.8 Å². The van der Waals surface area contributed by atoms with Crippen LogP contribution in [0.25, 0.3) is 0 Å². The van der Waals surface area contributed by atoms with Crippen LogP contribution < -0.4 is 5.32 Å². The van der Waals surface area contributed by atoms with Gasteiger partial charge in [-0.2, -0.15) is 5.26 Å². The van der Waals surface area contributed by atoms with Crippen molar-refractivity contribution >= 4 is 11.7 Å². The van der Waals surface area contributed by atoms with E-state index in [9.17, 15) is 9.90 Å². The van der Waals surface area contributed by atoms with E-state index in [1.54, 1.807) is 12.3 Å². The normalized spacial score (nSPS) is 17.1. The molecule has 2 heterocycles. The fraction of sp³-hybridized carbons (Fsp3) is 0.500. The monoisotopic (exact) mass is 275 g/mol. The number of pyridine rings is 1. The maximum atomic E-state index is 11.4. The molecule has 0 aliphatic carbocycles. The van der Waals surface area contributed by atoms with E-state index >= 15 is 0 Å². The first-order valence-electron chi connectivity index (χ1n) is 6.61. The van der Waals surface area contributed by atoms with Gasteiger partial charge < -0.3 is 15.2 Å². The maximum Gasteiger partial charge on any atom is 0.308 e. The van der Waals surface area contributed by atoms with Crippen molar-refractivity contribution in [1.82, 2.24) is 4.98 Å². The molecule has 1 aromatic heterocycles. The standard InChI is InChI=1S/C14H17N3O3/c15-7-11-8-16-4-1-13(11)17-9-12(14(18)19)10-2-5-20-6-3-10/h1,4,8,10,12H,2-3,5-6,9H2,(H,16,17)(H,18,19). The molecule has 1 saturated heterocycles. The van der Waals surface area contributed by atoms with Gasteiger partial charge in [0.1, 0.15) is 6.07 Å². The Balaban J connectivity index is 2.02. The van der Waals surface area contributed by atoms with Gasteiger partial charge in [-0.1, -0.05) is 0 Å². The highest BCUT2D eigenvalue weighted by Gasteiger charge is 2.29. The van der Waals surface area contributed by atoms with Crippen LogP contribution in [0.3, 0.4) is 0 Å². The third kappa shape index (κ3) is 3.45. The highest BCUT2D eigenvalue weighted by Crippen LogP contribution is 2.25. The van der Waals surface area contributed by atoms with Crippen LogP contribution in [0.4, 0.5) is 5.69 Å². The summed E-state index contributed by atoms with van der Waals surface area (Å²) < 4.78 is 5.26. The van der Waals surface area contributed by atoms with Crippen LogP contribution in [0, 0.1) is 23.2 Å². The van der Waals surface area contributed by atoms with Gasteiger partial charge in [0.25, 0.3) is 0 Å². The molecule has 2 N–H and O–H groups in total. The number of aromatic nitrogens is 1. The third-order valence-corrected chi connectivity index (χ3v) is 3.61. The number of aliphatic carboxylic acids is 1. The number of carbonyl (C=O) groups is 1. The fourth-order valence-corrected chi connectivity index (χ4v) is 2.43. The van der Waals surface area contributed by atoms with Crippen LogP contribution in [0.15, 0.2) is 18.5 Å². The first kappa shape index (κ1) is 14.3. The summed E-state index contributed by atoms with van der Waals surface area (Å²) >= 11 is 0. The van der Waals surface area contributed by atoms with Crippen LogP contribution in [-0.2, 0) is 9.53 Å². The van der Waals surface area contributed by atoms with E-state index < -0.39 is 11.9 Å². The second kappa shape index (κ2) is 6.87. The van der Waals surface area contributed by atoms with Crippen molar-refractivity contribution in [3.05, 3.63) is 24.0 Å². The summed E-state index contributed by atoms with van der Waals surface area (Å²) in [4.78, 5) is 15.3. The highest BCUT2D eigenvalue weighted by molar-refractivity contribution is 5.71. The zero-order valence-electron chi connectivity index (χ0n) is 11.1. The van der Waals surface area contributed by atoms with Crippen molar-refractivity contribution in [1.29, 1.82) is 5.26 Å². The minimum Gasteiger partial charge on any atom is -0.481 e. The van der Waals surface area contributed by atoms with E-state index in [4.69, 9.17) is 10.00 Å². The van der Waals surface area contributed by atoms with Gasteiger partial charge in [0, 0.05) is 32.2 Å². The first-order valence-corrected chi connectivity index (χ1v) is 6.61. The van der Waals surface area contributed by atoms with E-state index in [0.29, 0.717) is 31.0 Å². The topological polar surface area (TPSA) is 95.2 Å². The lowest BCUT2D eigenvalue weighted by atomic mass is 9.86. The number of rotatable bonds is 5. The molecule has 0 radical (unpaired) electrons. The van der Waals surface area contributed by atoms with Gasteiger partial charge in [-0.05, 0) is 24.8 Å². The summed E-state index contributed by atoms with van der Waals surface area (Å²) in [6.45, 7) is 1.54. The Labute approximate surface area is 117 Å². The number of carboxylic acids is 1. The number of carboxylic acid groups (broad SMARTS) is 1. The van der Waals surface area contributed by atoms with E-state index in [2.05, 4.69) is 10.3 Å². The Kier molecular flexibility index (Phi) is 4.91. The minimum atomic E-state index is -0.808. The molecular formula is C14H17N3O3. The van der Waals surface area contributed by atoms with Crippen molar-refractivity contribution in [3.8, 4) is 6.07 Å². The smallest absolute Gasteiger partial charge is 0.308 e. The summed E-state index contributed by atoms with van der Waals surface area (Å²) in [5, 5.41) is 21.4. The average Bonchev–Trinajstić information content (AvgIpc) is 2.48. The second-order valence-corrected chi connectivity index (χ2v) is 4.81. The molecule has 6 heteroatoms. The molecule has 0 bridgehead atoms. The Morgan fingerprint density at radius 1 is 1.60 bits per heavy atom. The largest absolute Gasteiger partial charge is 0.481 e. The predicted molar refractivity (Wildman–Crippen MR) is 72.1 cm³/mol. The number of anilines is 1. The Bertz CT molecular complexity index is 507. The zero-order valence-corrected chi connectivity index (χ0v) is 11.1. The highest BCUT2D eigenvalue weighted by atomic mass is 16.5. The number of nitriles is 1. The number of hydrogen-bond donors (Lipinski definition) is 2. The molecule has 1 aliphatic rings. The van der Waals surface area contributed by atoms with E-state index in [1.165, 1.54) is 6.20 Å². The van der Waals surface area contributed by atoms with Crippen LogP contribution in [0.1, 0.15) is 18.4 Å². The van der Waals surface area contributed by atoms with Crippen molar-refractivity contribution in [3.63, 3.8) is 0 Å². The molecule has 0 saturated carbocycles. The van der Waals surface area contributed by atoms with Gasteiger partial charge in [-0.3, -0.25) is 9.78 Å². The SMILES string of the molecule is N#Cc1cnccc1NCC(C(=O)O)C1CCOCC1. The zero-order chi connectivity index (χ0) is 14.4. The average molecular weight is 275 g/mol. The van der Waals surface area contributed by atoms with Crippen LogP contribution in [-0.4, -0.2) is 35.8 Å². The molecule has 20 heavy (non-hydrogen) atoms. The lowest BCUT2D eigenvalue weighted by Crippen LogP contribution is -2.34. The Morgan fingerprint density at radius 2 is 2.35 bits per heavy atom. The van der Waals surface area contributed by atoms with E-state index in [-0.39, 0.29) is 5.92 Å². The van der Waals surface area contributed by atoms with Gasteiger partial charge in [0.15, 0.2) is 0 Å². The molecule has 1 fully saturated rings. The van der Waals surface area contributed by atoms with Crippen LogP contribution in [0.5, 0.6) is 0 Å². The molecule has 1 aliphatic heterocycles. The lowest BCUT2D eigenvalue weighted by molar-refractivity contribution is -0.144. The predicted octanol–water partition coefficient (Wildman–Crippen LogP) is 1.49. The summed E-state index contributed by atoms with van der Waals surface area (Å²) in [5.74, 6) is -1.17. The minimum absolute atomic E-state index is 0.112. The van der Waals surface area contributed by atoms with Gasteiger partial charge in [-0.15, -0.1) is 0 Å². The van der Waals surface area contributed by atoms with Crippen molar-refractivity contribution in [2.75, 3.05) is 25.1 Å². The van der Waals surface area contributed by atoms with Gasteiger partial charge in [0.05, 0.1) is 17.2 Å². The van der Waals surface area contributed by atoms with Gasteiger partial charge in [-0.25, -0.2) is 0 Å². The number of hydrogen-bond acceptors (Lipinski definition) is 5. The molecule has 1 atom stereocenters. The second-order valence-electron chi connectivity index (χ2n) is 4.81. The third-order valence-electron chi connectivity index (χ3n) is 3.61. The fourth-order valence-electron chi connectivity index (χ4n) is 2.43. The number of nitrogens with zero attached hydrogens (tertiary/aromatic N) is 2. The number of ether oxygens (including phenoxy) is 1. The summed E-state index contributed by atoms with van der Waals surface area (Å²) in [5.41, 5.74) is 1.05. The van der Waals surface area contributed by atoms with E-state index in [1.807, 2.05) is 6.07 Å². The molecule has 0 spiro atoms. The molecular weight excluding hydrogens is 258 g/mol. The first-order chi connectivity index (χ1) is 9.72. The van der Waals surface area contributed by atoms with E-state index in [0.717, 1.165) is 12.8 Å². The quantitative estimate of drug-likeness (QED) is 0.845.